The zero-order chi connectivity index (χ0) is 20.1. The van der Waals surface area contributed by atoms with Gasteiger partial charge in [-0.05, 0) is 51.2 Å². The zero-order valence-corrected chi connectivity index (χ0v) is 18.2. The Hall–Kier alpha value is -1.76. The minimum atomic E-state index is -0.0556. The highest BCUT2D eigenvalue weighted by molar-refractivity contribution is 7.18. The second-order valence-corrected chi connectivity index (χ2v) is 9.33. The van der Waals surface area contributed by atoms with Gasteiger partial charge in [0.15, 0.2) is 0 Å². The number of fused-ring (bicyclic) bond motifs is 1. The van der Waals surface area contributed by atoms with E-state index < -0.39 is 0 Å². The van der Waals surface area contributed by atoms with E-state index in [1.54, 1.807) is 11.3 Å². The number of aromatic nitrogens is 1. The number of thiazole rings is 1. The third kappa shape index (κ3) is 5.44. The predicted molar refractivity (Wildman–Crippen MR) is 120 cm³/mol. The third-order valence-corrected chi connectivity index (χ3v) is 7.18. The molecular weight excluding hydrogens is 380 g/mol. The van der Waals surface area contributed by atoms with Crippen LogP contribution in [0.3, 0.4) is 0 Å². The van der Waals surface area contributed by atoms with Gasteiger partial charge in [-0.1, -0.05) is 23.8 Å². The van der Waals surface area contributed by atoms with Crippen molar-refractivity contribution >= 4 is 27.5 Å². The second kappa shape index (κ2) is 9.83. The molecule has 1 atom stereocenters. The first-order chi connectivity index (χ1) is 14.2. The number of hydrogen-bond acceptors (Lipinski definition) is 5. The molecule has 0 spiro atoms. The number of amides is 1. The van der Waals surface area contributed by atoms with Gasteiger partial charge in [-0.2, -0.15) is 0 Å². The van der Waals surface area contributed by atoms with Gasteiger partial charge in [0.1, 0.15) is 5.01 Å². The number of nitrogens with zero attached hydrogens (tertiary/aromatic N) is 3. The Morgan fingerprint density at radius 1 is 1.21 bits per heavy atom. The van der Waals surface area contributed by atoms with Crippen LogP contribution in [0.2, 0.25) is 0 Å². The van der Waals surface area contributed by atoms with E-state index in [9.17, 15) is 4.79 Å². The van der Waals surface area contributed by atoms with Crippen LogP contribution in [-0.4, -0.2) is 59.5 Å². The number of nitrogens with one attached hydrogen (secondary N) is 1. The van der Waals surface area contributed by atoms with E-state index in [1.807, 2.05) is 13.0 Å². The largest absolute Gasteiger partial charge is 0.354 e. The highest BCUT2D eigenvalue weighted by Crippen LogP contribution is 2.23. The summed E-state index contributed by atoms with van der Waals surface area (Å²) in [6, 6.07) is 8.28. The summed E-state index contributed by atoms with van der Waals surface area (Å²) in [5.74, 6) is 0.168. The van der Waals surface area contributed by atoms with Crippen molar-refractivity contribution in [1.29, 1.82) is 0 Å². The van der Waals surface area contributed by atoms with Gasteiger partial charge in [0.05, 0.1) is 22.8 Å². The van der Waals surface area contributed by atoms with E-state index in [0.29, 0.717) is 0 Å². The molecule has 2 heterocycles. The van der Waals surface area contributed by atoms with E-state index in [1.165, 1.54) is 41.0 Å². The fraction of sp³-hybridized carbons (Fsp3) is 0.565. The normalized spacial score (nSPS) is 19.8. The maximum Gasteiger partial charge on any atom is 0.237 e. The Bertz CT molecular complexity index is 820. The molecule has 1 unspecified atom stereocenters. The molecule has 4 rings (SSSR count). The average Bonchev–Trinajstić information content (AvgIpc) is 3.17. The summed E-state index contributed by atoms with van der Waals surface area (Å²) in [5, 5.41) is 4.33. The lowest BCUT2D eigenvalue weighted by molar-refractivity contribution is -0.126. The van der Waals surface area contributed by atoms with Crippen molar-refractivity contribution < 1.29 is 4.79 Å². The number of para-hydroxylation sites is 1. The van der Waals surface area contributed by atoms with Crippen molar-refractivity contribution in [2.45, 2.75) is 51.6 Å². The second-order valence-electron chi connectivity index (χ2n) is 8.21. The summed E-state index contributed by atoms with van der Waals surface area (Å²) >= 11 is 1.79. The number of carbonyl (C=O) groups excluding carboxylic acids is 1. The molecule has 1 aromatic heterocycles. The van der Waals surface area contributed by atoms with E-state index in [2.05, 4.69) is 39.4 Å². The molecule has 1 aromatic carbocycles. The van der Waals surface area contributed by atoms with Crippen molar-refractivity contribution in [1.82, 2.24) is 20.1 Å². The van der Waals surface area contributed by atoms with Gasteiger partial charge in [-0.3, -0.25) is 14.6 Å². The first kappa shape index (κ1) is 20.5. The highest BCUT2D eigenvalue weighted by atomic mass is 32.1. The van der Waals surface area contributed by atoms with Crippen LogP contribution in [-0.2, 0) is 11.3 Å². The molecule has 1 fully saturated rings. The molecule has 2 aromatic rings. The van der Waals surface area contributed by atoms with Crippen molar-refractivity contribution in [3.05, 3.63) is 40.9 Å². The van der Waals surface area contributed by atoms with Gasteiger partial charge in [-0.15, -0.1) is 11.3 Å². The molecule has 0 saturated carbocycles. The molecule has 29 heavy (non-hydrogen) atoms. The average molecular weight is 413 g/mol. The quantitative estimate of drug-likeness (QED) is 0.703. The molecule has 0 radical (unpaired) electrons. The predicted octanol–water partition coefficient (Wildman–Crippen LogP) is 3.81. The van der Waals surface area contributed by atoms with Crippen LogP contribution < -0.4 is 5.32 Å². The third-order valence-electron chi connectivity index (χ3n) is 6.16. The van der Waals surface area contributed by atoms with Gasteiger partial charge in [0, 0.05) is 32.7 Å². The first-order valence-electron chi connectivity index (χ1n) is 11.0. The minimum absolute atomic E-state index is 0.0556. The van der Waals surface area contributed by atoms with Crippen LogP contribution in [0, 0.1) is 0 Å². The summed E-state index contributed by atoms with van der Waals surface area (Å²) < 4.78 is 1.26. The SMILES string of the molecule is CC(C(=O)NCCC1=CCCCC1)N1CCN(Cc2nc3ccccc3s2)CC1. The number of allylic oxidation sites excluding steroid dienone is 1. The van der Waals surface area contributed by atoms with E-state index in [-0.39, 0.29) is 11.9 Å². The number of hydrogen-bond donors (Lipinski definition) is 1. The first-order valence-corrected chi connectivity index (χ1v) is 11.8. The number of piperazine rings is 1. The Morgan fingerprint density at radius 2 is 2.03 bits per heavy atom. The van der Waals surface area contributed by atoms with Crippen LogP contribution in [0.25, 0.3) is 10.2 Å². The fourth-order valence-corrected chi connectivity index (χ4v) is 5.29. The molecule has 6 heteroatoms. The topological polar surface area (TPSA) is 48.5 Å². The Kier molecular flexibility index (Phi) is 6.95. The van der Waals surface area contributed by atoms with Crippen molar-refractivity contribution in [2.24, 2.45) is 0 Å². The molecule has 5 nitrogen and oxygen atoms in total. The van der Waals surface area contributed by atoms with E-state index >= 15 is 0 Å². The minimum Gasteiger partial charge on any atom is -0.354 e. The smallest absolute Gasteiger partial charge is 0.237 e. The van der Waals surface area contributed by atoms with Crippen molar-refractivity contribution in [3.63, 3.8) is 0 Å². The zero-order valence-electron chi connectivity index (χ0n) is 17.4. The number of carbonyl (C=O) groups is 1. The maximum atomic E-state index is 12.6. The molecule has 1 aliphatic carbocycles. The van der Waals surface area contributed by atoms with Crippen LogP contribution in [0.4, 0.5) is 0 Å². The lowest BCUT2D eigenvalue weighted by Gasteiger charge is -2.37. The van der Waals surface area contributed by atoms with Gasteiger partial charge in [0.25, 0.3) is 0 Å². The maximum absolute atomic E-state index is 12.6. The van der Waals surface area contributed by atoms with Crippen LogP contribution in [0.1, 0.15) is 44.0 Å². The van der Waals surface area contributed by atoms with Crippen molar-refractivity contribution in [3.8, 4) is 0 Å². The lowest BCUT2D eigenvalue weighted by Crippen LogP contribution is -2.53. The number of rotatable bonds is 7. The summed E-state index contributed by atoms with van der Waals surface area (Å²) in [5.41, 5.74) is 2.62. The molecule has 0 bridgehead atoms. The summed E-state index contributed by atoms with van der Waals surface area (Å²) in [6.45, 7) is 7.56. The van der Waals surface area contributed by atoms with Gasteiger partial charge >= 0.3 is 0 Å². The Balaban J connectivity index is 1.20. The molecule has 1 aliphatic heterocycles. The molecule has 156 valence electrons. The van der Waals surface area contributed by atoms with E-state index in [0.717, 1.165) is 51.2 Å². The van der Waals surface area contributed by atoms with E-state index in [4.69, 9.17) is 4.98 Å². The molecule has 1 amide bonds. The van der Waals surface area contributed by atoms with Crippen molar-refractivity contribution in [2.75, 3.05) is 32.7 Å². The van der Waals surface area contributed by atoms with Crippen LogP contribution in [0.5, 0.6) is 0 Å². The summed E-state index contributed by atoms with van der Waals surface area (Å²) in [4.78, 5) is 22.1. The Morgan fingerprint density at radius 3 is 2.79 bits per heavy atom. The summed E-state index contributed by atoms with van der Waals surface area (Å²) in [6.07, 6.45) is 8.41. The monoisotopic (exact) mass is 412 g/mol. The lowest BCUT2D eigenvalue weighted by atomic mass is 9.97. The van der Waals surface area contributed by atoms with Gasteiger partial charge in [-0.25, -0.2) is 4.98 Å². The fourth-order valence-electron chi connectivity index (χ4n) is 4.28. The summed E-state index contributed by atoms with van der Waals surface area (Å²) in [7, 11) is 0. The van der Waals surface area contributed by atoms with Gasteiger partial charge in [0.2, 0.25) is 5.91 Å². The molecular formula is C23H32N4OS. The number of benzene rings is 1. The van der Waals surface area contributed by atoms with Crippen LogP contribution in [0.15, 0.2) is 35.9 Å². The molecule has 2 aliphatic rings. The molecule has 1 N–H and O–H groups in total. The standard InChI is InChI=1S/C23H32N4OS/c1-18(23(28)24-12-11-19-7-3-2-4-8-19)27-15-13-26(14-16-27)17-22-25-20-9-5-6-10-21(20)29-22/h5-7,9-10,18H,2-4,8,11-17H2,1H3,(H,24,28). The Labute approximate surface area is 177 Å². The van der Waals surface area contributed by atoms with Gasteiger partial charge < -0.3 is 5.32 Å². The highest BCUT2D eigenvalue weighted by Gasteiger charge is 2.25. The molecule has 1 saturated heterocycles. The van der Waals surface area contributed by atoms with Crippen LogP contribution >= 0.6 is 11.3 Å².